The molecule has 0 radical (unpaired) electrons. The summed E-state index contributed by atoms with van der Waals surface area (Å²) < 4.78 is 0. The number of carbonyl (C=O) groups is 1. The summed E-state index contributed by atoms with van der Waals surface area (Å²) >= 11 is 0. The molecule has 1 aromatic rings. The second kappa shape index (κ2) is 5.29. The zero-order valence-corrected chi connectivity index (χ0v) is 10.4. The SMILES string of the molecule is Cc1cccc(C(C)(NC(C)CO)C(=O)O)c1. The van der Waals surface area contributed by atoms with Crippen LogP contribution in [-0.2, 0) is 10.3 Å². The summed E-state index contributed by atoms with van der Waals surface area (Å²) in [6, 6.07) is 7.08. The number of carboxylic acid groups (broad SMARTS) is 1. The highest BCUT2D eigenvalue weighted by atomic mass is 16.4. The van der Waals surface area contributed by atoms with E-state index < -0.39 is 11.5 Å². The maximum atomic E-state index is 11.4. The van der Waals surface area contributed by atoms with E-state index in [-0.39, 0.29) is 12.6 Å². The second-order valence-corrected chi connectivity index (χ2v) is 4.53. The first kappa shape index (κ1) is 13.7. The van der Waals surface area contributed by atoms with Gasteiger partial charge in [-0.25, -0.2) is 4.79 Å². The van der Waals surface area contributed by atoms with Crippen molar-refractivity contribution in [2.75, 3.05) is 6.61 Å². The summed E-state index contributed by atoms with van der Waals surface area (Å²) in [6.45, 7) is 5.17. The number of aryl methyl sites for hydroxylation is 1. The van der Waals surface area contributed by atoms with Gasteiger partial charge in [-0.15, -0.1) is 0 Å². The van der Waals surface area contributed by atoms with Crippen LogP contribution in [-0.4, -0.2) is 28.8 Å². The first-order valence-corrected chi connectivity index (χ1v) is 5.59. The van der Waals surface area contributed by atoms with E-state index in [4.69, 9.17) is 5.11 Å². The minimum Gasteiger partial charge on any atom is -0.480 e. The van der Waals surface area contributed by atoms with Crippen molar-refractivity contribution >= 4 is 5.97 Å². The average Bonchev–Trinajstić information content (AvgIpc) is 2.28. The van der Waals surface area contributed by atoms with Crippen LogP contribution in [0.4, 0.5) is 0 Å². The van der Waals surface area contributed by atoms with Crippen molar-refractivity contribution in [1.29, 1.82) is 0 Å². The molecule has 94 valence electrons. The Balaban J connectivity index is 3.11. The Hall–Kier alpha value is -1.39. The third-order valence-corrected chi connectivity index (χ3v) is 2.83. The summed E-state index contributed by atoms with van der Waals surface area (Å²) in [5.74, 6) is -0.955. The molecule has 2 unspecified atom stereocenters. The van der Waals surface area contributed by atoms with Gasteiger partial charge in [0.2, 0.25) is 0 Å². The molecule has 0 saturated carbocycles. The Morgan fingerprint density at radius 3 is 2.65 bits per heavy atom. The van der Waals surface area contributed by atoms with Gasteiger partial charge in [0, 0.05) is 6.04 Å². The van der Waals surface area contributed by atoms with Gasteiger partial charge >= 0.3 is 5.97 Å². The predicted molar refractivity (Wildman–Crippen MR) is 65.9 cm³/mol. The molecular weight excluding hydrogens is 218 g/mol. The molecule has 1 rings (SSSR count). The fourth-order valence-electron chi connectivity index (χ4n) is 1.76. The molecule has 17 heavy (non-hydrogen) atoms. The van der Waals surface area contributed by atoms with Gasteiger partial charge < -0.3 is 10.2 Å². The average molecular weight is 237 g/mol. The lowest BCUT2D eigenvalue weighted by Gasteiger charge is -2.30. The summed E-state index contributed by atoms with van der Waals surface area (Å²) in [5.41, 5.74) is 0.507. The molecule has 0 saturated heterocycles. The van der Waals surface area contributed by atoms with Crippen molar-refractivity contribution in [1.82, 2.24) is 5.32 Å². The number of benzene rings is 1. The van der Waals surface area contributed by atoms with Crippen molar-refractivity contribution in [3.63, 3.8) is 0 Å². The summed E-state index contributed by atoms with van der Waals surface area (Å²) in [4.78, 5) is 11.4. The standard InChI is InChI=1S/C13H19NO3/c1-9-5-4-6-11(7-9)13(3,12(16)17)14-10(2)8-15/h4-7,10,14-15H,8H2,1-3H3,(H,16,17). The van der Waals surface area contributed by atoms with Gasteiger partial charge in [-0.3, -0.25) is 5.32 Å². The number of hydrogen-bond acceptors (Lipinski definition) is 3. The number of hydrogen-bond donors (Lipinski definition) is 3. The van der Waals surface area contributed by atoms with Crippen LogP contribution in [0.3, 0.4) is 0 Å². The summed E-state index contributed by atoms with van der Waals surface area (Å²) in [6.07, 6.45) is 0. The van der Waals surface area contributed by atoms with E-state index in [1.54, 1.807) is 19.9 Å². The molecule has 0 aliphatic rings. The van der Waals surface area contributed by atoms with Gasteiger partial charge in [0.25, 0.3) is 0 Å². The smallest absolute Gasteiger partial charge is 0.328 e. The first-order valence-electron chi connectivity index (χ1n) is 5.59. The van der Waals surface area contributed by atoms with Crippen LogP contribution in [0.2, 0.25) is 0 Å². The molecule has 4 heteroatoms. The van der Waals surface area contributed by atoms with Crippen molar-refractivity contribution in [2.24, 2.45) is 0 Å². The molecule has 0 fully saturated rings. The number of aliphatic hydroxyl groups is 1. The Labute approximate surface area is 101 Å². The molecule has 0 aliphatic heterocycles. The molecule has 2 atom stereocenters. The summed E-state index contributed by atoms with van der Waals surface area (Å²) in [7, 11) is 0. The number of rotatable bonds is 5. The molecular formula is C13H19NO3. The highest BCUT2D eigenvalue weighted by Gasteiger charge is 2.36. The minimum atomic E-state index is -1.19. The normalized spacial score (nSPS) is 16.2. The Bertz CT molecular complexity index is 405. The fourth-order valence-corrected chi connectivity index (χ4v) is 1.76. The van der Waals surface area contributed by atoms with E-state index in [0.29, 0.717) is 5.56 Å². The van der Waals surface area contributed by atoms with Crippen molar-refractivity contribution in [2.45, 2.75) is 32.4 Å². The molecule has 0 aliphatic carbocycles. The molecule has 0 amide bonds. The van der Waals surface area contributed by atoms with Crippen LogP contribution >= 0.6 is 0 Å². The van der Waals surface area contributed by atoms with Crippen LogP contribution < -0.4 is 5.32 Å². The molecule has 4 nitrogen and oxygen atoms in total. The molecule has 3 N–H and O–H groups in total. The maximum absolute atomic E-state index is 11.4. The molecule has 0 bridgehead atoms. The Morgan fingerprint density at radius 1 is 1.53 bits per heavy atom. The highest BCUT2D eigenvalue weighted by Crippen LogP contribution is 2.22. The minimum absolute atomic E-state index is 0.102. The first-order chi connectivity index (χ1) is 7.90. The quantitative estimate of drug-likeness (QED) is 0.721. The van der Waals surface area contributed by atoms with E-state index in [0.717, 1.165) is 5.56 Å². The van der Waals surface area contributed by atoms with E-state index >= 15 is 0 Å². The monoisotopic (exact) mass is 237 g/mol. The van der Waals surface area contributed by atoms with Crippen molar-refractivity contribution < 1.29 is 15.0 Å². The molecule has 0 aromatic heterocycles. The topological polar surface area (TPSA) is 69.6 Å². The van der Waals surface area contributed by atoms with Crippen LogP contribution in [0.1, 0.15) is 25.0 Å². The van der Waals surface area contributed by atoms with Crippen LogP contribution in [0.5, 0.6) is 0 Å². The lowest BCUT2D eigenvalue weighted by molar-refractivity contribution is -0.145. The molecule has 0 heterocycles. The van der Waals surface area contributed by atoms with Gasteiger partial charge in [0.15, 0.2) is 0 Å². The summed E-state index contributed by atoms with van der Waals surface area (Å²) in [5, 5.41) is 21.3. The van der Waals surface area contributed by atoms with E-state index in [9.17, 15) is 9.90 Å². The Morgan fingerprint density at radius 2 is 2.18 bits per heavy atom. The van der Waals surface area contributed by atoms with Gasteiger partial charge in [0.05, 0.1) is 6.61 Å². The second-order valence-electron chi connectivity index (χ2n) is 4.53. The molecule has 1 aromatic carbocycles. The van der Waals surface area contributed by atoms with E-state index in [1.165, 1.54) is 0 Å². The van der Waals surface area contributed by atoms with E-state index in [2.05, 4.69) is 5.32 Å². The zero-order chi connectivity index (χ0) is 13.1. The lowest BCUT2D eigenvalue weighted by atomic mass is 9.90. The van der Waals surface area contributed by atoms with Gasteiger partial charge in [-0.1, -0.05) is 29.8 Å². The Kier molecular flexibility index (Phi) is 4.26. The fraction of sp³-hybridized carbons (Fsp3) is 0.462. The van der Waals surface area contributed by atoms with Crippen molar-refractivity contribution in [3.05, 3.63) is 35.4 Å². The van der Waals surface area contributed by atoms with Crippen LogP contribution in [0.25, 0.3) is 0 Å². The maximum Gasteiger partial charge on any atom is 0.328 e. The van der Waals surface area contributed by atoms with Crippen LogP contribution in [0, 0.1) is 6.92 Å². The van der Waals surface area contributed by atoms with Crippen LogP contribution in [0.15, 0.2) is 24.3 Å². The van der Waals surface area contributed by atoms with Gasteiger partial charge in [-0.2, -0.15) is 0 Å². The highest BCUT2D eigenvalue weighted by molar-refractivity contribution is 5.80. The predicted octanol–water partition coefficient (Wildman–Crippen LogP) is 1.27. The largest absolute Gasteiger partial charge is 0.480 e. The number of nitrogens with one attached hydrogen (secondary N) is 1. The lowest BCUT2D eigenvalue weighted by Crippen LogP contribution is -2.51. The van der Waals surface area contributed by atoms with E-state index in [1.807, 2.05) is 25.1 Å². The number of aliphatic carboxylic acids is 1. The number of carboxylic acids is 1. The number of aliphatic hydroxyl groups excluding tert-OH is 1. The zero-order valence-electron chi connectivity index (χ0n) is 10.4. The van der Waals surface area contributed by atoms with Crippen molar-refractivity contribution in [3.8, 4) is 0 Å². The molecule has 0 spiro atoms. The van der Waals surface area contributed by atoms with Gasteiger partial charge in [-0.05, 0) is 26.3 Å². The van der Waals surface area contributed by atoms with Gasteiger partial charge in [0.1, 0.15) is 5.54 Å². The third-order valence-electron chi connectivity index (χ3n) is 2.83. The third kappa shape index (κ3) is 3.05.